The Kier molecular flexibility index (Phi) is 3.36. The van der Waals surface area contributed by atoms with Gasteiger partial charge in [-0.3, -0.25) is 4.90 Å². The van der Waals surface area contributed by atoms with Gasteiger partial charge in [0.15, 0.2) is 0 Å². The first-order valence-corrected chi connectivity index (χ1v) is 6.71. The number of hydrogen-bond acceptors (Lipinski definition) is 2. The number of hydrogen-bond donors (Lipinski definition) is 1. The predicted octanol–water partition coefficient (Wildman–Crippen LogP) is 2.38. The molecule has 3 atom stereocenters. The molecule has 0 aromatic heterocycles. The van der Waals surface area contributed by atoms with E-state index in [0.29, 0.717) is 5.54 Å². The van der Waals surface area contributed by atoms with Crippen molar-refractivity contribution in [3.05, 3.63) is 0 Å². The van der Waals surface area contributed by atoms with Gasteiger partial charge >= 0.3 is 0 Å². The Morgan fingerprint density at radius 1 is 1.33 bits per heavy atom. The van der Waals surface area contributed by atoms with Gasteiger partial charge in [-0.1, -0.05) is 20.3 Å². The van der Waals surface area contributed by atoms with E-state index in [4.69, 9.17) is 5.73 Å². The van der Waals surface area contributed by atoms with Crippen LogP contribution in [0.15, 0.2) is 0 Å². The molecule has 2 heteroatoms. The van der Waals surface area contributed by atoms with E-state index in [1.54, 1.807) is 0 Å². The summed E-state index contributed by atoms with van der Waals surface area (Å²) in [5.74, 6) is 0.801. The lowest BCUT2D eigenvalue weighted by atomic mass is 9.85. The van der Waals surface area contributed by atoms with Gasteiger partial charge in [-0.25, -0.2) is 0 Å². The number of likely N-dealkylation sites (tertiary alicyclic amines) is 1. The second-order valence-corrected chi connectivity index (χ2v) is 5.50. The fourth-order valence-electron chi connectivity index (χ4n) is 3.92. The predicted molar refractivity (Wildman–Crippen MR) is 64.8 cm³/mol. The smallest absolute Gasteiger partial charge is 0.0360 e. The lowest BCUT2D eigenvalue weighted by molar-refractivity contribution is 0.0501. The fraction of sp³-hybridized carbons (Fsp3) is 1.00. The van der Waals surface area contributed by atoms with E-state index < -0.39 is 0 Å². The van der Waals surface area contributed by atoms with Gasteiger partial charge in [-0.15, -0.1) is 0 Å². The van der Waals surface area contributed by atoms with Crippen LogP contribution in [0.3, 0.4) is 0 Å². The first kappa shape index (κ1) is 11.4. The van der Waals surface area contributed by atoms with E-state index in [0.717, 1.165) is 18.5 Å². The molecule has 0 spiro atoms. The molecule has 1 saturated heterocycles. The highest BCUT2D eigenvalue weighted by atomic mass is 15.3. The maximum Gasteiger partial charge on any atom is 0.0360 e. The van der Waals surface area contributed by atoms with Crippen LogP contribution in [0.4, 0.5) is 0 Å². The molecule has 1 aliphatic heterocycles. The van der Waals surface area contributed by atoms with Crippen molar-refractivity contribution >= 4 is 0 Å². The van der Waals surface area contributed by atoms with Crippen molar-refractivity contribution in [3.8, 4) is 0 Å². The van der Waals surface area contributed by atoms with Gasteiger partial charge in [0, 0.05) is 18.1 Å². The van der Waals surface area contributed by atoms with Crippen LogP contribution in [0.25, 0.3) is 0 Å². The first-order valence-electron chi connectivity index (χ1n) is 6.71. The fourth-order valence-corrected chi connectivity index (χ4v) is 3.92. The van der Waals surface area contributed by atoms with E-state index in [-0.39, 0.29) is 0 Å². The highest BCUT2D eigenvalue weighted by Crippen LogP contribution is 2.43. The summed E-state index contributed by atoms with van der Waals surface area (Å²) in [6.45, 7) is 6.89. The standard InChI is InChI=1S/C13H26N2/c1-3-12-7-5-9-15(12)13(10-14)8-4-6-11(13)2/h11-12H,3-10,14H2,1-2H3. The minimum atomic E-state index is 0.358. The molecule has 0 aromatic carbocycles. The van der Waals surface area contributed by atoms with Crippen LogP contribution in [0.5, 0.6) is 0 Å². The summed E-state index contributed by atoms with van der Waals surface area (Å²) >= 11 is 0. The first-order chi connectivity index (χ1) is 7.24. The summed E-state index contributed by atoms with van der Waals surface area (Å²) in [5.41, 5.74) is 6.47. The Hall–Kier alpha value is -0.0800. The summed E-state index contributed by atoms with van der Waals surface area (Å²) in [5, 5.41) is 0. The van der Waals surface area contributed by atoms with E-state index in [2.05, 4.69) is 18.7 Å². The third-order valence-corrected chi connectivity index (χ3v) is 4.94. The zero-order valence-corrected chi connectivity index (χ0v) is 10.3. The Morgan fingerprint density at radius 2 is 2.13 bits per heavy atom. The van der Waals surface area contributed by atoms with Crippen molar-refractivity contribution in [3.63, 3.8) is 0 Å². The molecule has 0 bridgehead atoms. The second-order valence-electron chi connectivity index (χ2n) is 5.50. The monoisotopic (exact) mass is 210 g/mol. The van der Waals surface area contributed by atoms with E-state index in [9.17, 15) is 0 Å². The van der Waals surface area contributed by atoms with Gasteiger partial charge in [-0.05, 0) is 44.6 Å². The Morgan fingerprint density at radius 3 is 2.67 bits per heavy atom. The molecule has 88 valence electrons. The van der Waals surface area contributed by atoms with Gasteiger partial charge in [0.1, 0.15) is 0 Å². The van der Waals surface area contributed by atoms with Gasteiger partial charge < -0.3 is 5.73 Å². The van der Waals surface area contributed by atoms with E-state index >= 15 is 0 Å². The molecule has 2 nitrogen and oxygen atoms in total. The Balaban J connectivity index is 2.17. The lowest BCUT2D eigenvalue weighted by Gasteiger charge is -2.45. The number of nitrogens with two attached hydrogens (primary N) is 1. The van der Waals surface area contributed by atoms with Gasteiger partial charge in [-0.2, -0.15) is 0 Å². The Labute approximate surface area is 94.2 Å². The van der Waals surface area contributed by atoms with Gasteiger partial charge in [0.25, 0.3) is 0 Å². The SMILES string of the molecule is CCC1CCCN1C1(CN)CCCC1C. The molecule has 0 radical (unpaired) electrons. The third kappa shape index (κ3) is 1.72. The molecule has 0 amide bonds. The van der Waals surface area contributed by atoms with E-state index in [1.807, 2.05) is 0 Å². The van der Waals surface area contributed by atoms with Gasteiger partial charge in [0.05, 0.1) is 0 Å². The van der Waals surface area contributed by atoms with E-state index in [1.165, 1.54) is 45.1 Å². The summed E-state index contributed by atoms with van der Waals surface area (Å²) in [6.07, 6.45) is 8.17. The largest absolute Gasteiger partial charge is 0.329 e. The Bertz CT molecular complexity index is 217. The summed E-state index contributed by atoms with van der Waals surface area (Å²) in [6, 6.07) is 0.814. The molecule has 1 heterocycles. The van der Waals surface area contributed by atoms with Crippen molar-refractivity contribution in [2.75, 3.05) is 13.1 Å². The van der Waals surface area contributed by atoms with Crippen molar-refractivity contribution in [2.45, 2.75) is 64.0 Å². The minimum absolute atomic E-state index is 0.358. The summed E-state index contributed by atoms with van der Waals surface area (Å²) in [4.78, 5) is 2.77. The van der Waals surface area contributed by atoms with Gasteiger partial charge in [0.2, 0.25) is 0 Å². The van der Waals surface area contributed by atoms with Crippen molar-refractivity contribution < 1.29 is 0 Å². The zero-order valence-electron chi connectivity index (χ0n) is 10.3. The molecule has 2 fully saturated rings. The quantitative estimate of drug-likeness (QED) is 0.775. The third-order valence-electron chi connectivity index (χ3n) is 4.94. The topological polar surface area (TPSA) is 29.3 Å². The van der Waals surface area contributed by atoms with Crippen LogP contribution in [0, 0.1) is 5.92 Å². The normalized spacial score (nSPS) is 42.6. The molecule has 2 N–H and O–H groups in total. The average Bonchev–Trinajstić information content (AvgIpc) is 2.84. The molecular formula is C13H26N2. The molecule has 15 heavy (non-hydrogen) atoms. The number of nitrogens with zero attached hydrogens (tertiary/aromatic N) is 1. The highest BCUT2D eigenvalue weighted by molar-refractivity contribution is 5.03. The molecule has 3 unspecified atom stereocenters. The summed E-state index contributed by atoms with van der Waals surface area (Å²) in [7, 11) is 0. The lowest BCUT2D eigenvalue weighted by Crippen LogP contribution is -2.57. The van der Waals surface area contributed by atoms with Crippen LogP contribution >= 0.6 is 0 Å². The van der Waals surface area contributed by atoms with Crippen LogP contribution in [-0.4, -0.2) is 29.6 Å². The molecule has 1 aliphatic carbocycles. The average molecular weight is 210 g/mol. The maximum atomic E-state index is 6.11. The van der Waals surface area contributed by atoms with Crippen LogP contribution in [0.2, 0.25) is 0 Å². The van der Waals surface area contributed by atoms with Crippen LogP contribution in [0.1, 0.15) is 52.4 Å². The molecule has 1 saturated carbocycles. The maximum absolute atomic E-state index is 6.11. The minimum Gasteiger partial charge on any atom is -0.329 e. The molecular weight excluding hydrogens is 184 g/mol. The highest BCUT2D eigenvalue weighted by Gasteiger charge is 2.47. The van der Waals surface area contributed by atoms with Crippen LogP contribution in [-0.2, 0) is 0 Å². The van der Waals surface area contributed by atoms with Crippen molar-refractivity contribution in [1.29, 1.82) is 0 Å². The second kappa shape index (κ2) is 4.42. The zero-order chi connectivity index (χ0) is 10.9. The number of rotatable bonds is 3. The molecule has 0 aromatic rings. The van der Waals surface area contributed by atoms with Crippen molar-refractivity contribution in [1.82, 2.24) is 4.90 Å². The summed E-state index contributed by atoms with van der Waals surface area (Å²) < 4.78 is 0. The van der Waals surface area contributed by atoms with Crippen LogP contribution < -0.4 is 5.73 Å². The van der Waals surface area contributed by atoms with Crippen molar-refractivity contribution in [2.24, 2.45) is 11.7 Å². The molecule has 2 aliphatic rings. The molecule has 2 rings (SSSR count).